The summed E-state index contributed by atoms with van der Waals surface area (Å²) in [6, 6.07) is 1.58. The van der Waals surface area contributed by atoms with Gasteiger partial charge in [-0.2, -0.15) is 0 Å². The molecular formula is C10H8ClNO3S. The molecule has 2 rings (SSSR count). The van der Waals surface area contributed by atoms with Crippen LogP contribution in [0.3, 0.4) is 0 Å². The first-order valence-electron chi connectivity index (χ1n) is 4.41. The van der Waals surface area contributed by atoms with Crippen LogP contribution in [0.2, 0.25) is 5.02 Å². The molecule has 0 fully saturated rings. The van der Waals surface area contributed by atoms with Crippen LogP contribution in [-0.4, -0.2) is 17.6 Å². The van der Waals surface area contributed by atoms with E-state index in [-0.39, 0.29) is 5.56 Å². The van der Waals surface area contributed by atoms with Crippen molar-refractivity contribution in [2.24, 2.45) is 7.05 Å². The predicted molar refractivity (Wildman–Crippen MR) is 63.4 cm³/mol. The van der Waals surface area contributed by atoms with Crippen LogP contribution in [0.5, 0.6) is 0 Å². The Morgan fingerprint density at radius 3 is 2.88 bits per heavy atom. The van der Waals surface area contributed by atoms with Crippen molar-refractivity contribution in [3.63, 3.8) is 0 Å². The number of rotatable bonds is 1. The fourth-order valence-corrected chi connectivity index (χ4v) is 2.81. The maximum atomic E-state index is 11.8. The minimum atomic E-state index is -0.459. The highest BCUT2D eigenvalue weighted by Gasteiger charge is 2.15. The number of aryl methyl sites for hydroxylation is 1. The summed E-state index contributed by atoms with van der Waals surface area (Å²) in [6.07, 6.45) is 1.53. The van der Waals surface area contributed by atoms with Crippen molar-refractivity contribution in [2.75, 3.05) is 7.11 Å². The molecule has 0 unspecified atom stereocenters. The number of pyridine rings is 1. The Kier molecular flexibility index (Phi) is 2.73. The molecule has 0 aliphatic heterocycles. The van der Waals surface area contributed by atoms with E-state index in [9.17, 15) is 9.59 Å². The molecule has 0 saturated heterocycles. The van der Waals surface area contributed by atoms with Crippen LogP contribution in [0.25, 0.3) is 10.1 Å². The van der Waals surface area contributed by atoms with Crippen LogP contribution < -0.4 is 5.56 Å². The highest BCUT2D eigenvalue weighted by atomic mass is 35.5. The zero-order valence-electron chi connectivity index (χ0n) is 8.61. The summed E-state index contributed by atoms with van der Waals surface area (Å²) in [5.41, 5.74) is -0.167. The lowest BCUT2D eigenvalue weighted by atomic mass is 10.3. The monoisotopic (exact) mass is 257 g/mol. The minimum absolute atomic E-state index is 0.167. The molecule has 0 radical (unpaired) electrons. The van der Waals surface area contributed by atoms with Crippen LogP contribution in [0, 0.1) is 0 Å². The Bertz CT molecular complexity index is 629. The summed E-state index contributed by atoms with van der Waals surface area (Å²) in [7, 11) is 2.91. The van der Waals surface area contributed by atoms with E-state index >= 15 is 0 Å². The third kappa shape index (κ3) is 1.62. The largest absolute Gasteiger partial charge is 0.465 e. The van der Waals surface area contributed by atoms with Gasteiger partial charge in [-0.1, -0.05) is 11.6 Å². The molecule has 0 saturated carbocycles. The summed E-state index contributed by atoms with van der Waals surface area (Å²) in [5.74, 6) is -0.459. The summed E-state index contributed by atoms with van der Waals surface area (Å²) < 4.78 is 6.45. The zero-order chi connectivity index (χ0) is 11.9. The Morgan fingerprint density at radius 2 is 2.25 bits per heavy atom. The number of methoxy groups -OCH3 is 1. The second-order valence-electron chi connectivity index (χ2n) is 3.24. The fourth-order valence-electron chi connectivity index (χ4n) is 1.39. The molecule has 0 spiro atoms. The molecule has 16 heavy (non-hydrogen) atoms. The predicted octanol–water partition coefficient (Wildman–Crippen LogP) is 2.04. The van der Waals surface area contributed by atoms with Gasteiger partial charge >= 0.3 is 5.97 Å². The first kappa shape index (κ1) is 11.2. The summed E-state index contributed by atoms with van der Waals surface area (Å²) in [6.45, 7) is 0. The van der Waals surface area contributed by atoms with E-state index in [1.54, 1.807) is 13.1 Å². The van der Waals surface area contributed by atoms with Crippen LogP contribution in [0.15, 0.2) is 17.1 Å². The first-order valence-corrected chi connectivity index (χ1v) is 5.61. The Balaban J connectivity index is 2.80. The van der Waals surface area contributed by atoms with Gasteiger partial charge in [0.1, 0.15) is 9.58 Å². The van der Waals surface area contributed by atoms with E-state index in [1.807, 2.05) is 0 Å². The van der Waals surface area contributed by atoms with E-state index in [4.69, 9.17) is 11.6 Å². The molecule has 0 aromatic carbocycles. The van der Waals surface area contributed by atoms with E-state index in [2.05, 4.69) is 4.74 Å². The molecule has 2 aromatic rings. The number of carbonyl (C=O) groups is 1. The van der Waals surface area contributed by atoms with Crippen LogP contribution >= 0.6 is 22.9 Å². The lowest BCUT2D eigenvalue weighted by Gasteiger charge is -1.98. The van der Waals surface area contributed by atoms with E-state index in [0.29, 0.717) is 20.0 Å². The summed E-state index contributed by atoms with van der Waals surface area (Å²) in [4.78, 5) is 23.5. The normalized spacial score (nSPS) is 10.7. The molecule has 2 heterocycles. The highest BCUT2D eigenvalue weighted by molar-refractivity contribution is 7.20. The highest BCUT2D eigenvalue weighted by Crippen LogP contribution is 2.28. The SMILES string of the molecule is COC(=O)c1cc2c(Cl)cn(C)c(=O)c2s1. The third-order valence-corrected chi connectivity index (χ3v) is 3.60. The summed E-state index contributed by atoms with van der Waals surface area (Å²) in [5, 5.41) is 1.04. The zero-order valence-corrected chi connectivity index (χ0v) is 10.2. The molecule has 0 N–H and O–H groups in total. The minimum Gasteiger partial charge on any atom is -0.465 e. The van der Waals surface area contributed by atoms with E-state index < -0.39 is 5.97 Å². The quantitative estimate of drug-likeness (QED) is 0.735. The molecule has 0 aliphatic carbocycles. The van der Waals surface area contributed by atoms with Gasteiger partial charge in [-0.25, -0.2) is 4.79 Å². The van der Waals surface area contributed by atoms with Gasteiger partial charge in [0.05, 0.1) is 12.1 Å². The lowest BCUT2D eigenvalue weighted by Crippen LogP contribution is -2.14. The van der Waals surface area contributed by atoms with E-state index in [1.165, 1.54) is 17.9 Å². The molecule has 0 atom stereocenters. The number of esters is 1. The maximum absolute atomic E-state index is 11.8. The van der Waals surface area contributed by atoms with Gasteiger partial charge in [0.15, 0.2) is 0 Å². The standard InChI is InChI=1S/C10H8ClNO3S/c1-12-4-6(11)5-3-7(10(14)15-2)16-8(5)9(12)13/h3-4H,1-2H3. The molecule has 2 aromatic heterocycles. The van der Waals surface area contributed by atoms with E-state index in [0.717, 1.165) is 11.3 Å². The Labute approximate surface area is 100 Å². The molecule has 84 valence electrons. The van der Waals surface area contributed by atoms with Gasteiger partial charge in [-0.05, 0) is 6.07 Å². The fraction of sp³-hybridized carbons (Fsp3) is 0.200. The van der Waals surface area contributed by atoms with Crippen molar-refractivity contribution in [3.8, 4) is 0 Å². The smallest absolute Gasteiger partial charge is 0.348 e. The number of halogens is 1. The maximum Gasteiger partial charge on any atom is 0.348 e. The van der Waals surface area contributed by atoms with Crippen molar-refractivity contribution < 1.29 is 9.53 Å². The number of thiophene rings is 1. The van der Waals surface area contributed by atoms with Crippen molar-refractivity contribution in [3.05, 3.63) is 32.5 Å². The molecular weight excluding hydrogens is 250 g/mol. The van der Waals surface area contributed by atoms with Gasteiger partial charge in [-0.3, -0.25) is 4.79 Å². The van der Waals surface area contributed by atoms with Crippen molar-refractivity contribution in [2.45, 2.75) is 0 Å². The summed E-state index contributed by atoms with van der Waals surface area (Å²) >= 11 is 7.08. The third-order valence-electron chi connectivity index (χ3n) is 2.20. The first-order chi connectivity index (χ1) is 7.54. The topological polar surface area (TPSA) is 48.3 Å². The average Bonchev–Trinajstić information content (AvgIpc) is 2.70. The number of aromatic nitrogens is 1. The molecule has 6 heteroatoms. The van der Waals surface area contributed by atoms with Crippen molar-refractivity contribution >= 4 is 39.0 Å². The molecule has 0 amide bonds. The van der Waals surface area contributed by atoms with Gasteiger partial charge in [0, 0.05) is 18.6 Å². The number of ether oxygens (including phenoxy) is 1. The van der Waals surface area contributed by atoms with Gasteiger partial charge < -0.3 is 9.30 Å². The number of hydrogen-bond donors (Lipinski definition) is 0. The molecule has 4 nitrogen and oxygen atoms in total. The Morgan fingerprint density at radius 1 is 1.56 bits per heavy atom. The van der Waals surface area contributed by atoms with Crippen molar-refractivity contribution in [1.29, 1.82) is 0 Å². The average molecular weight is 258 g/mol. The second-order valence-corrected chi connectivity index (χ2v) is 4.70. The molecule has 0 bridgehead atoms. The van der Waals surface area contributed by atoms with Crippen LogP contribution in [0.4, 0.5) is 0 Å². The number of hydrogen-bond acceptors (Lipinski definition) is 4. The lowest BCUT2D eigenvalue weighted by molar-refractivity contribution is 0.0606. The number of carbonyl (C=O) groups excluding carboxylic acids is 1. The van der Waals surface area contributed by atoms with Gasteiger partial charge in [0.25, 0.3) is 5.56 Å². The second kappa shape index (κ2) is 3.92. The number of fused-ring (bicyclic) bond motifs is 1. The molecule has 0 aliphatic rings. The van der Waals surface area contributed by atoms with Gasteiger partial charge in [-0.15, -0.1) is 11.3 Å². The van der Waals surface area contributed by atoms with Crippen LogP contribution in [0.1, 0.15) is 9.67 Å². The number of nitrogens with zero attached hydrogens (tertiary/aromatic N) is 1. The Hall–Kier alpha value is -1.33. The van der Waals surface area contributed by atoms with Gasteiger partial charge in [0.2, 0.25) is 0 Å². The van der Waals surface area contributed by atoms with Crippen molar-refractivity contribution in [1.82, 2.24) is 4.57 Å². The van der Waals surface area contributed by atoms with Crippen LogP contribution in [-0.2, 0) is 11.8 Å².